The van der Waals surface area contributed by atoms with Gasteiger partial charge in [0.1, 0.15) is 0 Å². The van der Waals surface area contributed by atoms with Crippen LogP contribution in [0.2, 0.25) is 0 Å². The molecule has 1 aliphatic rings. The molecule has 0 bridgehead atoms. The highest BCUT2D eigenvalue weighted by Crippen LogP contribution is 2.25. The van der Waals surface area contributed by atoms with Crippen LogP contribution >= 0.6 is 0 Å². The van der Waals surface area contributed by atoms with E-state index in [1.54, 1.807) is 7.11 Å². The number of nitrogens with zero attached hydrogens (tertiary/aromatic N) is 2. The van der Waals surface area contributed by atoms with Gasteiger partial charge >= 0.3 is 0 Å². The summed E-state index contributed by atoms with van der Waals surface area (Å²) >= 11 is 0. The van der Waals surface area contributed by atoms with Gasteiger partial charge in [-0.3, -0.25) is 0 Å². The van der Waals surface area contributed by atoms with Crippen LogP contribution in [-0.4, -0.2) is 37.5 Å². The molecule has 3 heteroatoms. The van der Waals surface area contributed by atoms with Crippen molar-refractivity contribution >= 4 is 17.7 Å². The highest BCUT2D eigenvalue weighted by Gasteiger charge is 2.19. The number of benzene rings is 2. The first-order chi connectivity index (χ1) is 13.2. The molecular weight excluding hydrogens is 332 g/mol. The molecule has 0 saturated carbocycles. The normalized spacial score (nSPS) is 18.3. The molecule has 2 aromatic rings. The van der Waals surface area contributed by atoms with Crippen molar-refractivity contribution in [3.8, 4) is 0 Å². The van der Waals surface area contributed by atoms with Crippen molar-refractivity contribution in [2.45, 2.75) is 38.1 Å². The van der Waals surface area contributed by atoms with Gasteiger partial charge in [0, 0.05) is 11.6 Å². The topological polar surface area (TPSA) is 24.8 Å². The van der Waals surface area contributed by atoms with Gasteiger partial charge in [-0.05, 0) is 68.6 Å². The minimum Gasteiger partial charge on any atom is -0.481 e. The summed E-state index contributed by atoms with van der Waals surface area (Å²) in [6.07, 6.45) is 8.05. The number of hydrogen-bond acceptors (Lipinski definition) is 3. The van der Waals surface area contributed by atoms with E-state index in [2.05, 4.69) is 36.7 Å². The Morgan fingerprint density at radius 2 is 1.96 bits per heavy atom. The summed E-state index contributed by atoms with van der Waals surface area (Å²) in [7, 11) is 3.93. The number of methoxy groups -OCH3 is 1. The molecule has 0 aliphatic carbocycles. The van der Waals surface area contributed by atoms with Crippen molar-refractivity contribution in [2.75, 3.05) is 20.7 Å². The molecule has 27 heavy (non-hydrogen) atoms. The Balaban J connectivity index is 1.78. The third-order valence-electron chi connectivity index (χ3n) is 5.47. The predicted octanol–water partition coefficient (Wildman–Crippen LogP) is 5.47. The zero-order valence-electron chi connectivity index (χ0n) is 16.5. The molecule has 142 valence electrons. The van der Waals surface area contributed by atoms with Gasteiger partial charge in [-0.25, -0.2) is 4.99 Å². The van der Waals surface area contributed by atoms with E-state index in [0.717, 1.165) is 23.2 Å². The predicted molar refractivity (Wildman–Crippen MR) is 115 cm³/mol. The maximum atomic E-state index is 5.60. The molecule has 3 rings (SSSR count). The Morgan fingerprint density at radius 3 is 2.67 bits per heavy atom. The van der Waals surface area contributed by atoms with Gasteiger partial charge in [0.15, 0.2) is 0 Å². The minimum absolute atomic E-state index is 0.646. The van der Waals surface area contributed by atoms with Crippen LogP contribution in [0.25, 0.3) is 6.08 Å². The smallest absolute Gasteiger partial charge is 0.221 e. The maximum absolute atomic E-state index is 5.60. The van der Waals surface area contributed by atoms with Gasteiger partial charge in [0.2, 0.25) is 5.90 Å². The molecule has 1 heterocycles. The second kappa shape index (κ2) is 9.52. The van der Waals surface area contributed by atoms with E-state index in [4.69, 9.17) is 9.73 Å². The molecule has 1 saturated heterocycles. The van der Waals surface area contributed by atoms with E-state index in [0.29, 0.717) is 11.9 Å². The van der Waals surface area contributed by atoms with Crippen LogP contribution in [0.3, 0.4) is 0 Å². The average molecular weight is 363 g/mol. The van der Waals surface area contributed by atoms with Crippen LogP contribution < -0.4 is 0 Å². The van der Waals surface area contributed by atoms with Crippen molar-refractivity contribution in [3.05, 3.63) is 71.8 Å². The first kappa shape index (κ1) is 19.4. The van der Waals surface area contributed by atoms with Gasteiger partial charge in [0.25, 0.3) is 0 Å². The van der Waals surface area contributed by atoms with E-state index >= 15 is 0 Å². The highest BCUT2D eigenvalue weighted by molar-refractivity contribution is 5.96. The van der Waals surface area contributed by atoms with Crippen molar-refractivity contribution in [2.24, 2.45) is 4.99 Å². The van der Waals surface area contributed by atoms with E-state index in [1.165, 1.54) is 37.8 Å². The monoisotopic (exact) mass is 362 g/mol. The molecule has 1 aliphatic heterocycles. The lowest BCUT2D eigenvalue weighted by atomic mass is 9.96. The van der Waals surface area contributed by atoms with Gasteiger partial charge in [-0.1, -0.05) is 49.4 Å². The second-order valence-electron chi connectivity index (χ2n) is 7.24. The molecule has 0 amide bonds. The number of aliphatic imine (C=N–C) groups is 1. The summed E-state index contributed by atoms with van der Waals surface area (Å²) in [4.78, 5) is 7.35. The third-order valence-corrected chi connectivity index (χ3v) is 5.47. The highest BCUT2D eigenvalue weighted by atomic mass is 16.5. The summed E-state index contributed by atoms with van der Waals surface area (Å²) in [5.74, 6) is 0.646. The van der Waals surface area contributed by atoms with Crippen LogP contribution in [0.5, 0.6) is 0 Å². The fourth-order valence-corrected chi connectivity index (χ4v) is 3.76. The van der Waals surface area contributed by atoms with Crippen molar-refractivity contribution < 1.29 is 4.74 Å². The van der Waals surface area contributed by atoms with E-state index in [1.807, 2.05) is 36.4 Å². The number of para-hydroxylation sites is 1. The van der Waals surface area contributed by atoms with Crippen LogP contribution in [-0.2, 0) is 11.2 Å². The summed E-state index contributed by atoms with van der Waals surface area (Å²) in [5, 5.41) is 0. The molecule has 0 aromatic heterocycles. The molecule has 1 unspecified atom stereocenters. The van der Waals surface area contributed by atoms with Gasteiger partial charge in [-0.2, -0.15) is 0 Å². The lowest BCUT2D eigenvalue weighted by molar-refractivity contribution is 0.176. The van der Waals surface area contributed by atoms with Crippen molar-refractivity contribution in [1.82, 2.24) is 4.90 Å². The number of piperidine rings is 1. The molecule has 2 aromatic carbocycles. The van der Waals surface area contributed by atoms with Gasteiger partial charge in [0.05, 0.1) is 12.8 Å². The van der Waals surface area contributed by atoms with Crippen LogP contribution in [0.4, 0.5) is 5.69 Å². The summed E-state index contributed by atoms with van der Waals surface area (Å²) in [6, 6.07) is 17.2. The second-order valence-corrected chi connectivity index (χ2v) is 7.24. The number of aryl methyl sites for hydroxylation is 1. The number of likely N-dealkylation sites (tertiary alicyclic amines) is 1. The Morgan fingerprint density at radius 1 is 1.19 bits per heavy atom. The molecule has 1 atom stereocenters. The first-order valence-electron chi connectivity index (χ1n) is 9.85. The number of hydrogen-bond donors (Lipinski definition) is 0. The fourth-order valence-electron chi connectivity index (χ4n) is 3.76. The Kier molecular flexibility index (Phi) is 6.83. The molecular formula is C24H30N2O. The third kappa shape index (κ3) is 5.08. The van der Waals surface area contributed by atoms with Crippen molar-refractivity contribution in [1.29, 1.82) is 0 Å². The summed E-state index contributed by atoms with van der Waals surface area (Å²) in [5.41, 5.74) is 4.35. The van der Waals surface area contributed by atoms with E-state index < -0.39 is 0 Å². The first-order valence-corrected chi connectivity index (χ1v) is 9.85. The van der Waals surface area contributed by atoms with Gasteiger partial charge in [-0.15, -0.1) is 0 Å². The zero-order chi connectivity index (χ0) is 19.1. The molecule has 3 nitrogen and oxygen atoms in total. The SMILES string of the molecule is C=Cc1ccc(/C(=N/c2ccccc2CCC2CCCCN2C)OC)cc1. The Bertz CT molecular complexity index is 779. The molecule has 1 fully saturated rings. The largest absolute Gasteiger partial charge is 0.481 e. The van der Waals surface area contributed by atoms with Crippen LogP contribution in [0, 0.1) is 0 Å². The zero-order valence-corrected chi connectivity index (χ0v) is 16.5. The number of ether oxygens (including phenoxy) is 1. The standard InChI is InChI=1S/C24H30N2O/c1-4-19-12-14-21(15-13-19)24(27-3)25-23-11-6-5-9-20(23)16-17-22-10-7-8-18-26(22)2/h4-6,9,11-15,22H,1,7-8,10,16-18H2,2-3H3/b25-24-. The van der Waals surface area contributed by atoms with Gasteiger partial charge < -0.3 is 9.64 Å². The molecule has 0 radical (unpaired) electrons. The molecule has 0 spiro atoms. The average Bonchev–Trinajstić information content (AvgIpc) is 2.72. The van der Waals surface area contributed by atoms with Crippen LogP contribution in [0.15, 0.2) is 60.1 Å². The lowest BCUT2D eigenvalue weighted by Gasteiger charge is -2.32. The summed E-state index contributed by atoms with van der Waals surface area (Å²) < 4.78 is 5.60. The fraction of sp³-hybridized carbons (Fsp3) is 0.375. The Hall–Kier alpha value is -2.39. The van der Waals surface area contributed by atoms with E-state index in [-0.39, 0.29) is 0 Å². The van der Waals surface area contributed by atoms with Crippen LogP contribution in [0.1, 0.15) is 42.4 Å². The van der Waals surface area contributed by atoms with E-state index in [9.17, 15) is 0 Å². The van der Waals surface area contributed by atoms with Crippen molar-refractivity contribution in [3.63, 3.8) is 0 Å². The number of rotatable bonds is 6. The maximum Gasteiger partial charge on any atom is 0.221 e. The quantitative estimate of drug-likeness (QED) is 0.503. The molecule has 0 N–H and O–H groups in total. The minimum atomic E-state index is 0.646. The summed E-state index contributed by atoms with van der Waals surface area (Å²) in [6.45, 7) is 5.03. The Labute approximate surface area is 163 Å². The lowest BCUT2D eigenvalue weighted by Crippen LogP contribution is -2.36.